The van der Waals surface area contributed by atoms with Crippen LogP contribution in [-0.4, -0.2) is 64.2 Å². The molecule has 0 bridgehead atoms. The Morgan fingerprint density at radius 3 is 2.47 bits per heavy atom. The normalized spacial score (nSPS) is 18.1. The molecular weight excluding hydrogens is 452 g/mol. The van der Waals surface area contributed by atoms with Gasteiger partial charge in [0, 0.05) is 55.8 Å². The molecule has 8 heteroatoms. The summed E-state index contributed by atoms with van der Waals surface area (Å²) >= 11 is 6.13. The molecule has 0 aliphatic carbocycles. The first kappa shape index (κ1) is 24.6. The highest BCUT2D eigenvalue weighted by atomic mass is 35.5. The molecule has 0 atom stereocenters. The van der Waals surface area contributed by atoms with Gasteiger partial charge in [0.15, 0.2) is 0 Å². The molecule has 4 rings (SSSR count). The van der Waals surface area contributed by atoms with Gasteiger partial charge >= 0.3 is 0 Å². The van der Waals surface area contributed by atoms with Gasteiger partial charge in [0.05, 0.1) is 17.9 Å². The van der Waals surface area contributed by atoms with Crippen molar-refractivity contribution in [1.82, 2.24) is 19.6 Å². The molecule has 2 aromatic rings. The molecule has 0 unspecified atom stereocenters. The van der Waals surface area contributed by atoms with Crippen molar-refractivity contribution in [3.63, 3.8) is 0 Å². The lowest BCUT2D eigenvalue weighted by molar-refractivity contribution is -0.136. The van der Waals surface area contributed by atoms with Gasteiger partial charge in [-0.25, -0.2) is 0 Å². The summed E-state index contributed by atoms with van der Waals surface area (Å²) in [5.41, 5.74) is 1.11. The first-order valence-electron chi connectivity index (χ1n) is 12.4. The van der Waals surface area contributed by atoms with E-state index in [9.17, 15) is 9.59 Å². The highest BCUT2D eigenvalue weighted by molar-refractivity contribution is 6.30. The van der Waals surface area contributed by atoms with Gasteiger partial charge in [0.1, 0.15) is 5.75 Å². The van der Waals surface area contributed by atoms with Crippen LogP contribution in [0.25, 0.3) is 0 Å². The van der Waals surface area contributed by atoms with E-state index in [1.54, 1.807) is 10.7 Å². The van der Waals surface area contributed by atoms with Gasteiger partial charge in [-0.05, 0) is 64.2 Å². The zero-order valence-corrected chi connectivity index (χ0v) is 21.0. The maximum atomic E-state index is 13.2. The van der Waals surface area contributed by atoms with Crippen molar-refractivity contribution >= 4 is 23.4 Å². The third kappa shape index (κ3) is 5.74. The van der Waals surface area contributed by atoms with Crippen LogP contribution in [0.4, 0.5) is 0 Å². The maximum Gasteiger partial charge on any atom is 0.257 e. The van der Waals surface area contributed by atoms with Crippen LogP contribution in [-0.2, 0) is 11.3 Å². The molecule has 0 saturated carbocycles. The second kappa shape index (κ2) is 10.8. The molecule has 1 aromatic heterocycles. The Balaban J connectivity index is 1.46. The Kier molecular flexibility index (Phi) is 7.81. The summed E-state index contributed by atoms with van der Waals surface area (Å²) in [7, 11) is 0. The van der Waals surface area contributed by atoms with Crippen LogP contribution < -0.4 is 4.74 Å². The van der Waals surface area contributed by atoms with Crippen molar-refractivity contribution in [2.45, 2.75) is 58.9 Å². The molecule has 3 heterocycles. The molecule has 2 aliphatic heterocycles. The van der Waals surface area contributed by atoms with E-state index >= 15 is 0 Å². The van der Waals surface area contributed by atoms with Crippen LogP contribution in [0.2, 0.25) is 5.02 Å². The predicted molar refractivity (Wildman–Crippen MR) is 132 cm³/mol. The van der Waals surface area contributed by atoms with Gasteiger partial charge in [-0.3, -0.25) is 14.3 Å². The van der Waals surface area contributed by atoms with Crippen molar-refractivity contribution in [3.05, 3.63) is 46.7 Å². The maximum absolute atomic E-state index is 13.2. The van der Waals surface area contributed by atoms with Crippen LogP contribution in [0, 0.1) is 12.3 Å². The van der Waals surface area contributed by atoms with Gasteiger partial charge in [0.25, 0.3) is 5.91 Å². The molecule has 34 heavy (non-hydrogen) atoms. The summed E-state index contributed by atoms with van der Waals surface area (Å²) in [4.78, 5) is 30.3. The predicted octanol–water partition coefficient (Wildman–Crippen LogP) is 4.57. The van der Waals surface area contributed by atoms with Crippen molar-refractivity contribution < 1.29 is 14.3 Å². The Hall–Kier alpha value is -2.54. The number of rotatable bonds is 7. The first-order valence-corrected chi connectivity index (χ1v) is 12.8. The van der Waals surface area contributed by atoms with Gasteiger partial charge in [-0.15, -0.1) is 0 Å². The lowest BCUT2D eigenvalue weighted by Crippen LogP contribution is -2.48. The lowest BCUT2D eigenvalue weighted by Gasteiger charge is -2.42. The van der Waals surface area contributed by atoms with Gasteiger partial charge < -0.3 is 14.5 Å². The number of carbonyl (C=O) groups excluding carboxylic acids is 2. The van der Waals surface area contributed by atoms with Crippen LogP contribution in [0.15, 0.2) is 30.5 Å². The van der Waals surface area contributed by atoms with E-state index in [4.69, 9.17) is 16.3 Å². The summed E-state index contributed by atoms with van der Waals surface area (Å²) in [6.45, 7) is 7.94. The van der Waals surface area contributed by atoms with E-state index in [1.807, 2.05) is 48.0 Å². The quantitative estimate of drug-likeness (QED) is 0.575. The molecular formula is C26H35ClN4O3. The standard InChI is InChI=1S/C26H35ClN4O3/c1-3-31-18-23(20(2)28-31)25(33)30-14-10-26(11-15-30,17-24(32)29-12-5-4-6-13-29)19-34-22-9-7-8-21(27)16-22/h7-9,16,18H,3-6,10-15,17,19H2,1-2H3. The number of nitrogens with zero attached hydrogens (tertiary/aromatic N) is 4. The van der Waals surface area contributed by atoms with Gasteiger partial charge in [-0.2, -0.15) is 5.10 Å². The van der Waals surface area contributed by atoms with Crippen molar-refractivity contribution in [3.8, 4) is 5.75 Å². The number of amides is 2. The molecule has 184 valence electrons. The van der Waals surface area contributed by atoms with Gasteiger partial charge in [-0.1, -0.05) is 17.7 Å². The molecule has 1 aromatic carbocycles. The molecule has 2 fully saturated rings. The van der Waals surface area contributed by atoms with E-state index in [0.29, 0.717) is 42.5 Å². The Morgan fingerprint density at radius 2 is 1.82 bits per heavy atom. The fourth-order valence-electron chi connectivity index (χ4n) is 4.99. The van der Waals surface area contributed by atoms with Crippen LogP contribution in [0.3, 0.4) is 0 Å². The number of carbonyl (C=O) groups is 2. The number of hydrogen-bond acceptors (Lipinski definition) is 4. The smallest absolute Gasteiger partial charge is 0.257 e. The number of aryl methyl sites for hydroxylation is 2. The van der Waals surface area contributed by atoms with Crippen LogP contribution >= 0.6 is 11.6 Å². The monoisotopic (exact) mass is 486 g/mol. The fraction of sp³-hybridized carbons (Fsp3) is 0.577. The second-order valence-electron chi connectivity index (χ2n) is 9.64. The average molecular weight is 487 g/mol. The first-order chi connectivity index (χ1) is 16.4. The number of aromatic nitrogens is 2. The van der Waals surface area contributed by atoms with Gasteiger partial charge in [0.2, 0.25) is 5.91 Å². The minimum Gasteiger partial charge on any atom is -0.493 e. The number of ether oxygens (including phenoxy) is 1. The summed E-state index contributed by atoms with van der Waals surface area (Å²) in [5.74, 6) is 0.927. The largest absolute Gasteiger partial charge is 0.493 e. The molecule has 2 amide bonds. The third-order valence-corrected chi connectivity index (χ3v) is 7.42. The Labute approximate surface area is 207 Å². The Bertz CT molecular complexity index is 1010. The molecule has 0 spiro atoms. The number of piperidine rings is 2. The fourth-order valence-corrected chi connectivity index (χ4v) is 5.17. The number of likely N-dealkylation sites (tertiary alicyclic amines) is 2. The molecule has 0 radical (unpaired) electrons. The summed E-state index contributed by atoms with van der Waals surface area (Å²) in [5, 5.41) is 5.05. The highest BCUT2D eigenvalue weighted by Crippen LogP contribution is 2.37. The third-order valence-electron chi connectivity index (χ3n) is 7.19. The topological polar surface area (TPSA) is 67.7 Å². The molecule has 2 saturated heterocycles. The highest BCUT2D eigenvalue weighted by Gasteiger charge is 2.40. The van der Waals surface area contributed by atoms with Crippen molar-refractivity contribution in [1.29, 1.82) is 0 Å². The van der Waals surface area contributed by atoms with E-state index in [2.05, 4.69) is 5.10 Å². The molecule has 0 N–H and O–H groups in total. The molecule has 2 aliphatic rings. The van der Waals surface area contributed by atoms with E-state index in [-0.39, 0.29) is 17.2 Å². The molecule has 7 nitrogen and oxygen atoms in total. The lowest BCUT2D eigenvalue weighted by atomic mass is 9.75. The van der Waals surface area contributed by atoms with Crippen molar-refractivity contribution in [2.75, 3.05) is 32.8 Å². The van der Waals surface area contributed by atoms with E-state index < -0.39 is 0 Å². The van der Waals surface area contributed by atoms with Crippen LogP contribution in [0.1, 0.15) is 61.5 Å². The Morgan fingerprint density at radius 1 is 1.09 bits per heavy atom. The summed E-state index contributed by atoms with van der Waals surface area (Å²) in [6.07, 6.45) is 7.07. The van der Waals surface area contributed by atoms with Crippen LogP contribution in [0.5, 0.6) is 5.75 Å². The zero-order valence-electron chi connectivity index (χ0n) is 20.3. The number of halogens is 1. The number of hydrogen-bond donors (Lipinski definition) is 0. The van der Waals surface area contributed by atoms with Crippen molar-refractivity contribution in [2.24, 2.45) is 5.41 Å². The average Bonchev–Trinajstić information content (AvgIpc) is 3.24. The minimum atomic E-state index is -0.309. The number of benzene rings is 1. The second-order valence-corrected chi connectivity index (χ2v) is 10.1. The zero-order chi connectivity index (χ0) is 24.1. The van der Waals surface area contributed by atoms with E-state index in [1.165, 1.54) is 6.42 Å². The van der Waals surface area contributed by atoms with E-state index in [0.717, 1.165) is 51.0 Å². The minimum absolute atomic E-state index is 0.0175. The SMILES string of the molecule is CCn1cc(C(=O)N2CCC(COc3cccc(Cl)c3)(CC(=O)N3CCCCC3)CC2)c(C)n1. The summed E-state index contributed by atoms with van der Waals surface area (Å²) in [6, 6.07) is 7.37. The summed E-state index contributed by atoms with van der Waals surface area (Å²) < 4.78 is 7.96.